The third-order valence-electron chi connectivity index (χ3n) is 2.41. The molecule has 1 rings (SSSR count). The average Bonchev–Trinajstić information content (AvgIpc) is 2.39. The van der Waals surface area contributed by atoms with Crippen LogP contribution < -0.4 is 5.32 Å². The van der Waals surface area contributed by atoms with Crippen molar-refractivity contribution < 1.29 is 9.59 Å². The maximum Gasteiger partial charge on any atom is 0.228 e. The van der Waals surface area contributed by atoms with Crippen LogP contribution in [0.1, 0.15) is 45.4 Å². The standard InChI is InChI=1S/C10H17NO2/c1-2-3-4-5-6-8-9(12)7-10(13)11-8/h8H,2-7H2,1H3,(H,11,13). The van der Waals surface area contributed by atoms with Gasteiger partial charge in [0.25, 0.3) is 0 Å². The number of Topliss-reactive ketones (excluding diaryl/α,β-unsaturated/α-hetero) is 1. The number of carbonyl (C=O) groups excluding carboxylic acids is 2. The first-order valence-electron chi connectivity index (χ1n) is 5.06. The molecular weight excluding hydrogens is 166 g/mol. The molecule has 1 saturated heterocycles. The highest BCUT2D eigenvalue weighted by atomic mass is 16.2. The summed E-state index contributed by atoms with van der Waals surface area (Å²) in [5, 5.41) is 2.69. The van der Waals surface area contributed by atoms with Crippen molar-refractivity contribution in [3.63, 3.8) is 0 Å². The van der Waals surface area contributed by atoms with Crippen LogP contribution in [0.5, 0.6) is 0 Å². The summed E-state index contributed by atoms with van der Waals surface area (Å²) >= 11 is 0. The van der Waals surface area contributed by atoms with Crippen molar-refractivity contribution in [1.29, 1.82) is 0 Å². The summed E-state index contributed by atoms with van der Waals surface area (Å²) in [5.74, 6) is -0.0352. The maximum atomic E-state index is 11.2. The molecule has 1 aliphatic rings. The first-order valence-corrected chi connectivity index (χ1v) is 5.06. The molecule has 0 aromatic heterocycles. The summed E-state index contributed by atoms with van der Waals surface area (Å²) in [5.41, 5.74) is 0. The Morgan fingerprint density at radius 1 is 1.31 bits per heavy atom. The number of nitrogens with one attached hydrogen (secondary N) is 1. The number of hydrogen-bond acceptors (Lipinski definition) is 2. The van der Waals surface area contributed by atoms with E-state index in [1.54, 1.807) is 0 Å². The van der Waals surface area contributed by atoms with Gasteiger partial charge in [-0.25, -0.2) is 0 Å². The zero-order valence-corrected chi connectivity index (χ0v) is 8.14. The normalized spacial score (nSPS) is 22.1. The first-order chi connectivity index (χ1) is 6.24. The quantitative estimate of drug-likeness (QED) is 0.517. The third-order valence-corrected chi connectivity index (χ3v) is 2.41. The van der Waals surface area contributed by atoms with Gasteiger partial charge in [-0.05, 0) is 6.42 Å². The minimum atomic E-state index is -0.177. The highest BCUT2D eigenvalue weighted by Crippen LogP contribution is 2.11. The highest BCUT2D eigenvalue weighted by molar-refractivity contribution is 6.07. The lowest BCUT2D eigenvalue weighted by Gasteiger charge is -2.07. The molecule has 1 aliphatic heterocycles. The fourth-order valence-electron chi connectivity index (χ4n) is 1.62. The molecule has 1 fully saturated rings. The van der Waals surface area contributed by atoms with Crippen LogP contribution in [0.2, 0.25) is 0 Å². The van der Waals surface area contributed by atoms with Crippen molar-refractivity contribution in [3.8, 4) is 0 Å². The van der Waals surface area contributed by atoms with E-state index >= 15 is 0 Å². The second-order valence-electron chi connectivity index (χ2n) is 3.61. The van der Waals surface area contributed by atoms with E-state index in [0.717, 1.165) is 19.3 Å². The van der Waals surface area contributed by atoms with Crippen LogP contribution in [0.4, 0.5) is 0 Å². The van der Waals surface area contributed by atoms with Gasteiger partial charge < -0.3 is 5.32 Å². The molecule has 0 aromatic rings. The van der Waals surface area contributed by atoms with E-state index in [2.05, 4.69) is 12.2 Å². The van der Waals surface area contributed by atoms with Crippen molar-refractivity contribution in [2.45, 2.75) is 51.5 Å². The lowest BCUT2D eigenvalue weighted by atomic mass is 10.1. The van der Waals surface area contributed by atoms with Gasteiger partial charge >= 0.3 is 0 Å². The topological polar surface area (TPSA) is 46.2 Å². The van der Waals surface area contributed by atoms with Crippen LogP contribution in [0, 0.1) is 0 Å². The van der Waals surface area contributed by atoms with Gasteiger partial charge in [0, 0.05) is 0 Å². The second-order valence-corrected chi connectivity index (χ2v) is 3.61. The summed E-state index contributed by atoms with van der Waals surface area (Å²) in [6.45, 7) is 2.16. The van der Waals surface area contributed by atoms with Crippen molar-refractivity contribution >= 4 is 11.7 Å². The monoisotopic (exact) mass is 183 g/mol. The average molecular weight is 183 g/mol. The Kier molecular flexibility index (Phi) is 3.93. The smallest absolute Gasteiger partial charge is 0.228 e. The fourth-order valence-corrected chi connectivity index (χ4v) is 1.62. The van der Waals surface area contributed by atoms with E-state index in [-0.39, 0.29) is 24.2 Å². The van der Waals surface area contributed by atoms with Gasteiger partial charge in [-0.1, -0.05) is 32.6 Å². The number of ketones is 1. The van der Waals surface area contributed by atoms with Gasteiger partial charge in [-0.3, -0.25) is 9.59 Å². The number of hydrogen-bond donors (Lipinski definition) is 1. The minimum Gasteiger partial charge on any atom is -0.346 e. The summed E-state index contributed by atoms with van der Waals surface area (Å²) in [7, 11) is 0. The van der Waals surface area contributed by atoms with Crippen LogP contribution in [0.15, 0.2) is 0 Å². The van der Waals surface area contributed by atoms with E-state index in [9.17, 15) is 9.59 Å². The van der Waals surface area contributed by atoms with Crippen LogP contribution >= 0.6 is 0 Å². The number of carbonyl (C=O) groups is 2. The Bertz CT molecular complexity index is 201. The van der Waals surface area contributed by atoms with Crippen molar-refractivity contribution in [3.05, 3.63) is 0 Å². The van der Waals surface area contributed by atoms with Crippen molar-refractivity contribution in [2.75, 3.05) is 0 Å². The zero-order valence-electron chi connectivity index (χ0n) is 8.14. The Balaban J connectivity index is 2.14. The number of rotatable bonds is 5. The molecule has 0 saturated carbocycles. The van der Waals surface area contributed by atoms with E-state index in [0.29, 0.717) is 0 Å². The summed E-state index contributed by atoms with van der Waals surface area (Å²) in [6, 6.07) is -0.177. The van der Waals surface area contributed by atoms with Gasteiger partial charge in [0.1, 0.15) is 0 Å². The first kappa shape index (κ1) is 10.2. The molecule has 1 heterocycles. The van der Waals surface area contributed by atoms with Crippen LogP contribution in [0.25, 0.3) is 0 Å². The predicted octanol–water partition coefficient (Wildman–Crippen LogP) is 1.41. The van der Waals surface area contributed by atoms with Crippen molar-refractivity contribution in [2.24, 2.45) is 0 Å². The van der Waals surface area contributed by atoms with Gasteiger partial charge in [-0.2, -0.15) is 0 Å². The molecule has 3 heteroatoms. The van der Waals surface area contributed by atoms with Gasteiger partial charge in [0.15, 0.2) is 5.78 Å². The van der Waals surface area contributed by atoms with Gasteiger partial charge in [0.05, 0.1) is 12.5 Å². The SMILES string of the molecule is CCCCCCC1NC(=O)CC1=O. The van der Waals surface area contributed by atoms with Crippen molar-refractivity contribution in [1.82, 2.24) is 5.32 Å². The minimum absolute atomic E-state index is 0.0708. The predicted molar refractivity (Wildman–Crippen MR) is 50.3 cm³/mol. The molecule has 1 atom stereocenters. The van der Waals surface area contributed by atoms with Gasteiger partial charge in [0.2, 0.25) is 5.91 Å². The van der Waals surface area contributed by atoms with E-state index in [1.807, 2.05) is 0 Å². The zero-order chi connectivity index (χ0) is 9.68. The summed E-state index contributed by atoms with van der Waals surface area (Å²) in [4.78, 5) is 22.0. The molecule has 1 unspecified atom stereocenters. The molecule has 1 N–H and O–H groups in total. The Morgan fingerprint density at radius 2 is 2.08 bits per heavy atom. The Morgan fingerprint density at radius 3 is 2.62 bits per heavy atom. The molecule has 3 nitrogen and oxygen atoms in total. The fraction of sp³-hybridized carbons (Fsp3) is 0.800. The molecule has 0 spiro atoms. The van der Waals surface area contributed by atoms with E-state index in [1.165, 1.54) is 12.8 Å². The molecular formula is C10H17NO2. The molecule has 13 heavy (non-hydrogen) atoms. The molecule has 0 aromatic carbocycles. The Hall–Kier alpha value is -0.860. The molecule has 1 amide bonds. The van der Waals surface area contributed by atoms with Crippen LogP contribution in [0.3, 0.4) is 0 Å². The van der Waals surface area contributed by atoms with E-state index in [4.69, 9.17) is 0 Å². The molecule has 0 bridgehead atoms. The van der Waals surface area contributed by atoms with Gasteiger partial charge in [-0.15, -0.1) is 0 Å². The third kappa shape index (κ3) is 3.17. The number of unbranched alkanes of at least 4 members (excludes halogenated alkanes) is 3. The molecule has 74 valence electrons. The second kappa shape index (κ2) is 5.00. The lowest BCUT2D eigenvalue weighted by molar-refractivity contribution is -0.122. The Labute approximate surface area is 78.9 Å². The van der Waals surface area contributed by atoms with E-state index < -0.39 is 0 Å². The maximum absolute atomic E-state index is 11.2. The largest absolute Gasteiger partial charge is 0.346 e. The highest BCUT2D eigenvalue weighted by Gasteiger charge is 2.28. The summed E-state index contributed by atoms with van der Waals surface area (Å²) in [6.07, 6.45) is 5.55. The molecule has 0 radical (unpaired) electrons. The lowest BCUT2D eigenvalue weighted by Crippen LogP contribution is -2.28. The molecule has 0 aliphatic carbocycles. The van der Waals surface area contributed by atoms with Crippen LogP contribution in [-0.4, -0.2) is 17.7 Å². The van der Waals surface area contributed by atoms with Crippen LogP contribution in [-0.2, 0) is 9.59 Å². The summed E-state index contributed by atoms with van der Waals surface area (Å²) < 4.78 is 0. The number of amides is 1.